The van der Waals surface area contributed by atoms with E-state index < -0.39 is 5.60 Å². The van der Waals surface area contributed by atoms with E-state index in [4.69, 9.17) is 0 Å². The van der Waals surface area contributed by atoms with Gasteiger partial charge in [-0.05, 0) is 30.7 Å². The van der Waals surface area contributed by atoms with Crippen molar-refractivity contribution in [2.45, 2.75) is 44.2 Å². The lowest BCUT2D eigenvalue weighted by Gasteiger charge is -2.25. The van der Waals surface area contributed by atoms with Crippen LogP contribution in [-0.2, 0) is 0 Å². The first-order chi connectivity index (χ1) is 9.04. The molecule has 0 aromatic carbocycles. The highest BCUT2D eigenvalue weighted by Gasteiger charge is 2.22. The standard InChI is InChI=1S/C14H22N2O2S/c1-4-14(18,5-2)10-16-13(17)11-7-8-12(15-9-11)19-6-3/h7-9,18H,4-6,10H2,1-3H3,(H,16,17). The maximum absolute atomic E-state index is 11.9. The van der Waals surface area contributed by atoms with E-state index in [0.29, 0.717) is 18.4 Å². The predicted octanol–water partition coefficient (Wildman–Crippen LogP) is 2.47. The highest BCUT2D eigenvalue weighted by molar-refractivity contribution is 7.99. The van der Waals surface area contributed by atoms with Crippen molar-refractivity contribution in [3.63, 3.8) is 0 Å². The van der Waals surface area contributed by atoms with E-state index in [1.165, 1.54) is 0 Å². The molecule has 1 amide bonds. The topological polar surface area (TPSA) is 62.2 Å². The van der Waals surface area contributed by atoms with Gasteiger partial charge in [0, 0.05) is 12.7 Å². The molecular weight excluding hydrogens is 260 g/mol. The van der Waals surface area contributed by atoms with E-state index >= 15 is 0 Å². The van der Waals surface area contributed by atoms with E-state index in [1.54, 1.807) is 24.0 Å². The number of rotatable bonds is 7. The molecule has 19 heavy (non-hydrogen) atoms. The number of hydrogen-bond donors (Lipinski definition) is 2. The van der Waals surface area contributed by atoms with E-state index in [2.05, 4.69) is 17.2 Å². The number of thioether (sulfide) groups is 1. The number of carbonyl (C=O) groups is 1. The Balaban J connectivity index is 2.58. The Labute approximate surface area is 119 Å². The average molecular weight is 282 g/mol. The molecule has 1 rings (SSSR count). The summed E-state index contributed by atoms with van der Waals surface area (Å²) in [4.78, 5) is 16.1. The van der Waals surface area contributed by atoms with Crippen molar-refractivity contribution in [1.29, 1.82) is 0 Å². The summed E-state index contributed by atoms with van der Waals surface area (Å²) in [7, 11) is 0. The van der Waals surface area contributed by atoms with Crippen LogP contribution in [0, 0.1) is 0 Å². The molecule has 0 unspecified atom stereocenters. The summed E-state index contributed by atoms with van der Waals surface area (Å²) < 4.78 is 0. The van der Waals surface area contributed by atoms with Gasteiger partial charge < -0.3 is 10.4 Å². The van der Waals surface area contributed by atoms with Gasteiger partial charge in [-0.3, -0.25) is 4.79 Å². The van der Waals surface area contributed by atoms with Gasteiger partial charge >= 0.3 is 0 Å². The van der Waals surface area contributed by atoms with Crippen molar-refractivity contribution in [3.8, 4) is 0 Å². The van der Waals surface area contributed by atoms with Crippen LogP contribution in [-0.4, -0.2) is 33.9 Å². The molecule has 0 fully saturated rings. The quantitative estimate of drug-likeness (QED) is 0.754. The molecule has 0 saturated carbocycles. The molecule has 0 aliphatic carbocycles. The maximum Gasteiger partial charge on any atom is 0.252 e. The number of hydrogen-bond acceptors (Lipinski definition) is 4. The van der Waals surface area contributed by atoms with Gasteiger partial charge in [0.1, 0.15) is 0 Å². The summed E-state index contributed by atoms with van der Waals surface area (Å²) in [6.07, 6.45) is 2.81. The Bertz CT molecular complexity index is 402. The smallest absolute Gasteiger partial charge is 0.252 e. The van der Waals surface area contributed by atoms with Crippen LogP contribution in [0.2, 0.25) is 0 Å². The van der Waals surface area contributed by atoms with Crippen molar-refractivity contribution in [1.82, 2.24) is 10.3 Å². The van der Waals surface area contributed by atoms with Gasteiger partial charge in [-0.15, -0.1) is 11.8 Å². The second-order valence-corrected chi connectivity index (χ2v) is 5.72. The molecule has 1 aromatic rings. The van der Waals surface area contributed by atoms with Crippen molar-refractivity contribution >= 4 is 17.7 Å². The molecule has 0 spiro atoms. The van der Waals surface area contributed by atoms with E-state index in [-0.39, 0.29) is 12.5 Å². The summed E-state index contributed by atoms with van der Waals surface area (Å²) in [5.74, 6) is 0.763. The first-order valence-electron chi connectivity index (χ1n) is 6.64. The fourth-order valence-corrected chi connectivity index (χ4v) is 2.18. The highest BCUT2D eigenvalue weighted by atomic mass is 32.2. The number of amides is 1. The molecule has 5 heteroatoms. The number of aliphatic hydroxyl groups is 1. The zero-order valence-corrected chi connectivity index (χ0v) is 12.6. The van der Waals surface area contributed by atoms with Crippen LogP contribution in [0.4, 0.5) is 0 Å². The molecule has 0 aliphatic rings. The summed E-state index contributed by atoms with van der Waals surface area (Å²) in [6.45, 7) is 6.15. The molecule has 0 radical (unpaired) electrons. The molecule has 0 atom stereocenters. The van der Waals surface area contributed by atoms with E-state index in [0.717, 1.165) is 10.8 Å². The number of pyridine rings is 1. The molecular formula is C14H22N2O2S. The van der Waals surface area contributed by atoms with Crippen LogP contribution in [0.5, 0.6) is 0 Å². The molecule has 0 bridgehead atoms. The average Bonchev–Trinajstić information content (AvgIpc) is 2.45. The number of nitrogens with zero attached hydrogens (tertiary/aromatic N) is 1. The van der Waals surface area contributed by atoms with Crippen molar-refractivity contribution in [2.24, 2.45) is 0 Å². The van der Waals surface area contributed by atoms with Gasteiger partial charge in [0.05, 0.1) is 16.2 Å². The van der Waals surface area contributed by atoms with Crippen LogP contribution < -0.4 is 5.32 Å². The first kappa shape index (κ1) is 16.0. The minimum Gasteiger partial charge on any atom is -0.388 e. The number of carbonyl (C=O) groups excluding carboxylic acids is 1. The zero-order chi connectivity index (χ0) is 14.3. The second kappa shape index (κ2) is 7.50. The molecule has 0 saturated heterocycles. The van der Waals surface area contributed by atoms with Gasteiger partial charge in [0.15, 0.2) is 0 Å². The summed E-state index contributed by atoms with van der Waals surface area (Å²) in [6, 6.07) is 3.60. The van der Waals surface area contributed by atoms with Crippen LogP contribution in [0.15, 0.2) is 23.4 Å². The summed E-state index contributed by atoms with van der Waals surface area (Å²) >= 11 is 1.64. The summed E-state index contributed by atoms with van der Waals surface area (Å²) in [5.41, 5.74) is -0.295. The minimum atomic E-state index is -0.818. The van der Waals surface area contributed by atoms with Crippen molar-refractivity contribution < 1.29 is 9.90 Å². The third kappa shape index (κ3) is 4.84. The van der Waals surface area contributed by atoms with Crippen molar-refractivity contribution in [2.75, 3.05) is 12.3 Å². The Morgan fingerprint density at radius 1 is 1.37 bits per heavy atom. The van der Waals surface area contributed by atoms with Crippen LogP contribution in [0.3, 0.4) is 0 Å². The SMILES string of the molecule is CCSc1ccc(C(=O)NCC(O)(CC)CC)cn1. The van der Waals surface area contributed by atoms with Crippen LogP contribution in [0.1, 0.15) is 44.0 Å². The normalized spacial score (nSPS) is 11.4. The molecule has 0 aliphatic heterocycles. The van der Waals surface area contributed by atoms with Crippen LogP contribution >= 0.6 is 11.8 Å². The van der Waals surface area contributed by atoms with Gasteiger partial charge in [-0.1, -0.05) is 20.8 Å². The Kier molecular flexibility index (Phi) is 6.31. The predicted molar refractivity (Wildman–Crippen MR) is 78.5 cm³/mol. The minimum absolute atomic E-state index is 0.194. The monoisotopic (exact) mass is 282 g/mol. The molecule has 4 nitrogen and oxygen atoms in total. The van der Waals surface area contributed by atoms with Gasteiger partial charge in [-0.2, -0.15) is 0 Å². The third-order valence-electron chi connectivity index (χ3n) is 3.18. The third-order valence-corrected chi connectivity index (χ3v) is 4.01. The molecule has 106 valence electrons. The largest absolute Gasteiger partial charge is 0.388 e. The Morgan fingerprint density at radius 3 is 2.53 bits per heavy atom. The van der Waals surface area contributed by atoms with Crippen molar-refractivity contribution in [3.05, 3.63) is 23.9 Å². The van der Waals surface area contributed by atoms with Gasteiger partial charge in [0.2, 0.25) is 0 Å². The number of nitrogens with one attached hydrogen (secondary N) is 1. The fourth-order valence-electron chi connectivity index (χ4n) is 1.59. The maximum atomic E-state index is 11.9. The molecule has 1 aromatic heterocycles. The number of aromatic nitrogens is 1. The highest BCUT2D eigenvalue weighted by Crippen LogP contribution is 2.15. The lowest BCUT2D eigenvalue weighted by molar-refractivity contribution is 0.0314. The fraction of sp³-hybridized carbons (Fsp3) is 0.571. The lowest BCUT2D eigenvalue weighted by Crippen LogP contribution is -2.42. The van der Waals surface area contributed by atoms with E-state index in [9.17, 15) is 9.90 Å². The van der Waals surface area contributed by atoms with E-state index in [1.807, 2.05) is 19.9 Å². The first-order valence-corrected chi connectivity index (χ1v) is 7.62. The Morgan fingerprint density at radius 2 is 2.05 bits per heavy atom. The zero-order valence-electron chi connectivity index (χ0n) is 11.8. The molecule has 2 N–H and O–H groups in total. The summed E-state index contributed by atoms with van der Waals surface area (Å²) in [5, 5.41) is 13.8. The van der Waals surface area contributed by atoms with Crippen LogP contribution in [0.25, 0.3) is 0 Å². The van der Waals surface area contributed by atoms with Gasteiger partial charge in [-0.25, -0.2) is 4.98 Å². The van der Waals surface area contributed by atoms with Gasteiger partial charge in [0.25, 0.3) is 5.91 Å². The lowest BCUT2D eigenvalue weighted by atomic mass is 9.97. The molecule has 1 heterocycles. The second-order valence-electron chi connectivity index (χ2n) is 4.43. The Hall–Kier alpha value is -1.07.